The number of hydrogen-bond donors (Lipinski definition) is 2. The lowest BCUT2D eigenvalue weighted by Gasteiger charge is -2.24. The molecule has 0 aromatic heterocycles. The van der Waals surface area contributed by atoms with Crippen LogP contribution in [-0.4, -0.2) is 5.91 Å². The van der Waals surface area contributed by atoms with E-state index in [-0.39, 0.29) is 17.8 Å². The molecule has 1 aliphatic carbocycles. The monoisotopic (exact) mass is 262 g/mol. The molecule has 3 N–H and O–H groups in total. The minimum atomic E-state index is -0.305. The molecule has 1 amide bonds. The van der Waals surface area contributed by atoms with Crippen molar-refractivity contribution in [1.29, 1.82) is 0 Å². The molecule has 3 rings (SSSR count). The summed E-state index contributed by atoms with van der Waals surface area (Å²) in [6.07, 6.45) is 3.54. The number of fused-ring (bicyclic) bond motifs is 1. The Labute approximate surface area is 112 Å². The van der Waals surface area contributed by atoms with E-state index in [0.29, 0.717) is 35.9 Å². The molecule has 0 bridgehead atoms. The Kier molecular flexibility index (Phi) is 3.05. The van der Waals surface area contributed by atoms with Crippen molar-refractivity contribution in [3.63, 3.8) is 0 Å². The number of anilines is 1. The zero-order chi connectivity index (χ0) is 13.6. The molecule has 19 heavy (non-hydrogen) atoms. The third-order valence-corrected chi connectivity index (χ3v) is 4.41. The molecule has 1 aromatic carbocycles. The van der Waals surface area contributed by atoms with Gasteiger partial charge in [-0.25, -0.2) is 4.39 Å². The largest absolute Gasteiger partial charge is 0.326 e. The summed E-state index contributed by atoms with van der Waals surface area (Å²) in [6, 6.07) is 3.00. The van der Waals surface area contributed by atoms with Crippen molar-refractivity contribution in [2.45, 2.75) is 38.6 Å². The average Bonchev–Trinajstić information content (AvgIpc) is 3.20. The van der Waals surface area contributed by atoms with Gasteiger partial charge >= 0.3 is 0 Å². The number of rotatable bonds is 3. The van der Waals surface area contributed by atoms with Crippen LogP contribution in [0.25, 0.3) is 0 Å². The van der Waals surface area contributed by atoms with Crippen LogP contribution in [-0.2, 0) is 11.2 Å². The minimum Gasteiger partial charge on any atom is -0.326 e. The molecule has 2 unspecified atom stereocenters. The zero-order valence-corrected chi connectivity index (χ0v) is 11.1. The Morgan fingerprint density at radius 1 is 1.37 bits per heavy atom. The third kappa shape index (κ3) is 2.37. The van der Waals surface area contributed by atoms with Gasteiger partial charge in [0.1, 0.15) is 5.82 Å². The highest BCUT2D eigenvalue weighted by atomic mass is 19.1. The summed E-state index contributed by atoms with van der Waals surface area (Å²) in [5, 5.41) is 2.71. The first-order valence-electron chi connectivity index (χ1n) is 6.94. The van der Waals surface area contributed by atoms with E-state index in [1.165, 1.54) is 18.9 Å². The summed E-state index contributed by atoms with van der Waals surface area (Å²) in [7, 11) is 0. The maximum absolute atomic E-state index is 14.2. The predicted molar refractivity (Wildman–Crippen MR) is 72.2 cm³/mol. The normalized spacial score (nSPS) is 21.5. The lowest BCUT2D eigenvalue weighted by molar-refractivity contribution is -0.116. The van der Waals surface area contributed by atoms with Crippen LogP contribution in [0.1, 0.15) is 43.4 Å². The van der Waals surface area contributed by atoms with Crippen LogP contribution >= 0.6 is 0 Å². The SMILES string of the molecule is CC(C1CC1)C(N)c1cc2c(cc1F)NC(=O)CC2. The highest BCUT2D eigenvalue weighted by molar-refractivity contribution is 5.93. The molecule has 102 valence electrons. The molecular weight excluding hydrogens is 243 g/mol. The second-order valence-corrected chi connectivity index (χ2v) is 5.80. The molecule has 1 saturated carbocycles. The fourth-order valence-corrected chi connectivity index (χ4v) is 2.88. The van der Waals surface area contributed by atoms with Gasteiger partial charge in [0.15, 0.2) is 0 Å². The lowest BCUT2D eigenvalue weighted by atomic mass is 9.88. The highest BCUT2D eigenvalue weighted by Crippen LogP contribution is 2.42. The number of halogens is 1. The Hall–Kier alpha value is -1.42. The Balaban J connectivity index is 1.91. The summed E-state index contributed by atoms with van der Waals surface area (Å²) in [6.45, 7) is 2.10. The number of carbonyl (C=O) groups is 1. The van der Waals surface area contributed by atoms with Crippen LogP contribution in [0.5, 0.6) is 0 Å². The van der Waals surface area contributed by atoms with Crippen LogP contribution < -0.4 is 11.1 Å². The van der Waals surface area contributed by atoms with Crippen LogP contribution in [0.15, 0.2) is 12.1 Å². The van der Waals surface area contributed by atoms with E-state index in [1.54, 1.807) is 0 Å². The van der Waals surface area contributed by atoms with Gasteiger partial charge in [0.25, 0.3) is 0 Å². The first-order chi connectivity index (χ1) is 9.06. The fraction of sp³-hybridized carbons (Fsp3) is 0.533. The quantitative estimate of drug-likeness (QED) is 0.880. The summed E-state index contributed by atoms with van der Waals surface area (Å²) in [5.74, 6) is 0.604. The molecular formula is C15H19FN2O. The number of aryl methyl sites for hydroxylation is 1. The smallest absolute Gasteiger partial charge is 0.224 e. The summed E-state index contributed by atoms with van der Waals surface area (Å²) >= 11 is 0. The van der Waals surface area contributed by atoms with Crippen molar-refractivity contribution in [3.05, 3.63) is 29.1 Å². The summed E-state index contributed by atoms with van der Waals surface area (Å²) in [5.41, 5.74) is 8.40. The first kappa shape index (κ1) is 12.6. The second kappa shape index (κ2) is 4.60. The lowest BCUT2D eigenvalue weighted by Crippen LogP contribution is -2.24. The van der Waals surface area contributed by atoms with E-state index in [4.69, 9.17) is 5.73 Å². The maximum Gasteiger partial charge on any atom is 0.224 e. The number of amides is 1. The molecule has 1 fully saturated rings. The average molecular weight is 262 g/mol. The predicted octanol–water partition coefficient (Wildman–Crippen LogP) is 2.76. The molecule has 4 heteroatoms. The van der Waals surface area contributed by atoms with E-state index in [0.717, 1.165) is 5.56 Å². The van der Waals surface area contributed by atoms with Crippen molar-refractivity contribution < 1.29 is 9.18 Å². The molecule has 0 radical (unpaired) electrons. The number of nitrogens with one attached hydrogen (secondary N) is 1. The van der Waals surface area contributed by atoms with Gasteiger partial charge in [-0.1, -0.05) is 6.92 Å². The highest BCUT2D eigenvalue weighted by Gasteiger charge is 2.33. The molecule has 2 aliphatic rings. The number of hydrogen-bond acceptors (Lipinski definition) is 2. The molecule has 0 spiro atoms. The molecule has 3 nitrogen and oxygen atoms in total. The van der Waals surface area contributed by atoms with Gasteiger partial charge in [0.05, 0.1) is 0 Å². The first-order valence-corrected chi connectivity index (χ1v) is 6.94. The van der Waals surface area contributed by atoms with Crippen LogP contribution in [0.3, 0.4) is 0 Å². The van der Waals surface area contributed by atoms with Gasteiger partial charge in [-0.15, -0.1) is 0 Å². The maximum atomic E-state index is 14.2. The second-order valence-electron chi connectivity index (χ2n) is 5.80. The molecule has 2 atom stereocenters. The third-order valence-electron chi connectivity index (χ3n) is 4.41. The van der Waals surface area contributed by atoms with Crippen LogP contribution in [0.2, 0.25) is 0 Å². The van der Waals surface area contributed by atoms with Crippen molar-refractivity contribution in [1.82, 2.24) is 0 Å². The van der Waals surface area contributed by atoms with Gasteiger partial charge in [-0.05, 0) is 48.8 Å². The van der Waals surface area contributed by atoms with Crippen molar-refractivity contribution >= 4 is 11.6 Å². The van der Waals surface area contributed by atoms with Crippen LogP contribution in [0, 0.1) is 17.7 Å². The number of benzene rings is 1. The van der Waals surface area contributed by atoms with E-state index in [9.17, 15) is 9.18 Å². The molecule has 1 aliphatic heterocycles. The molecule has 0 saturated heterocycles. The van der Waals surface area contributed by atoms with Gasteiger partial charge in [0.2, 0.25) is 5.91 Å². The van der Waals surface area contributed by atoms with Gasteiger partial charge < -0.3 is 11.1 Å². The van der Waals surface area contributed by atoms with Gasteiger partial charge in [0, 0.05) is 23.7 Å². The van der Waals surface area contributed by atoms with Crippen molar-refractivity contribution in [3.8, 4) is 0 Å². The van der Waals surface area contributed by atoms with E-state index in [2.05, 4.69) is 12.2 Å². The minimum absolute atomic E-state index is 0.0460. The Morgan fingerprint density at radius 2 is 2.11 bits per heavy atom. The number of carbonyl (C=O) groups excluding carboxylic acids is 1. The summed E-state index contributed by atoms with van der Waals surface area (Å²) in [4.78, 5) is 11.3. The Bertz CT molecular complexity index is 525. The van der Waals surface area contributed by atoms with Gasteiger partial charge in [-0.3, -0.25) is 4.79 Å². The van der Waals surface area contributed by atoms with Crippen molar-refractivity contribution in [2.24, 2.45) is 17.6 Å². The van der Waals surface area contributed by atoms with Gasteiger partial charge in [-0.2, -0.15) is 0 Å². The molecule has 1 heterocycles. The molecule has 1 aromatic rings. The standard InChI is InChI=1S/C15H19FN2O/c1-8(9-2-3-9)15(17)11-6-10-4-5-14(19)18-13(10)7-12(11)16/h6-9,15H,2-5,17H2,1H3,(H,18,19). The van der Waals surface area contributed by atoms with Crippen molar-refractivity contribution in [2.75, 3.05) is 5.32 Å². The summed E-state index contributed by atoms with van der Waals surface area (Å²) < 4.78 is 14.2. The van der Waals surface area contributed by atoms with Crippen LogP contribution in [0.4, 0.5) is 10.1 Å². The fourth-order valence-electron chi connectivity index (χ4n) is 2.88. The Morgan fingerprint density at radius 3 is 2.79 bits per heavy atom. The topological polar surface area (TPSA) is 55.1 Å². The zero-order valence-electron chi connectivity index (χ0n) is 11.1. The number of nitrogens with two attached hydrogens (primary N) is 1. The van der Waals surface area contributed by atoms with E-state index < -0.39 is 0 Å². The van der Waals surface area contributed by atoms with E-state index in [1.807, 2.05) is 6.07 Å². The van der Waals surface area contributed by atoms with E-state index >= 15 is 0 Å².